The standard InChI is InChI=1S/C23H26F6N6O4/c1-12(32-16-7-31-33-21(37)19(16)23(27,28)29)10-38-4-3-18(36)34-9-15-11-39-17-5-14(22(24,25)26)6-30-20(17)35(15)8-13(34)2/h5-7,12-13,15H,3-4,8-11H2,1-2H3,(H2,32,33,37)/t12-,13?,15?/m0/s1. The number of hydrogen-bond acceptors (Lipinski definition) is 8. The van der Waals surface area contributed by atoms with Gasteiger partial charge in [-0.2, -0.15) is 31.4 Å². The molecule has 4 heterocycles. The molecule has 0 aliphatic carbocycles. The molecule has 2 aromatic heterocycles. The van der Waals surface area contributed by atoms with Crippen LogP contribution >= 0.6 is 0 Å². The zero-order valence-electron chi connectivity index (χ0n) is 20.9. The summed E-state index contributed by atoms with van der Waals surface area (Å²) in [6.45, 7) is 4.03. The number of nitrogens with one attached hydrogen (secondary N) is 2. The number of amides is 1. The summed E-state index contributed by atoms with van der Waals surface area (Å²) in [5.41, 5.74) is -4.14. The predicted octanol–water partition coefficient (Wildman–Crippen LogP) is 2.91. The quantitative estimate of drug-likeness (QED) is 0.390. The lowest BCUT2D eigenvalue weighted by Gasteiger charge is -2.48. The van der Waals surface area contributed by atoms with Crippen LogP contribution in [-0.4, -0.2) is 77.0 Å². The Labute approximate surface area is 218 Å². The van der Waals surface area contributed by atoms with Crippen molar-refractivity contribution in [1.29, 1.82) is 0 Å². The number of hydrogen-bond donors (Lipinski definition) is 2. The van der Waals surface area contributed by atoms with E-state index in [1.807, 2.05) is 11.8 Å². The number of fused-ring (bicyclic) bond motifs is 3. The third-order valence-electron chi connectivity index (χ3n) is 6.39. The molecule has 3 atom stereocenters. The minimum atomic E-state index is -4.87. The zero-order chi connectivity index (χ0) is 28.5. The SMILES string of the molecule is CC1CN2c3ncc(C(F)(F)F)cc3OCC2CN1C(=O)CCOC[C@H](C)Nc1cn[nH]c(=O)c1C(F)(F)F. The number of alkyl halides is 6. The maximum absolute atomic E-state index is 13.2. The molecule has 2 unspecified atom stereocenters. The average molecular weight is 564 g/mol. The van der Waals surface area contributed by atoms with Gasteiger partial charge in [-0.05, 0) is 19.9 Å². The van der Waals surface area contributed by atoms with Crippen LogP contribution in [-0.2, 0) is 21.9 Å². The summed E-state index contributed by atoms with van der Waals surface area (Å²) in [5, 5.41) is 7.70. The zero-order valence-corrected chi connectivity index (χ0v) is 20.9. The van der Waals surface area contributed by atoms with E-state index < -0.39 is 40.8 Å². The molecule has 2 aliphatic rings. The van der Waals surface area contributed by atoms with Crippen LogP contribution in [0.5, 0.6) is 5.75 Å². The molecular weight excluding hydrogens is 538 g/mol. The number of aromatic nitrogens is 3. The summed E-state index contributed by atoms with van der Waals surface area (Å²) in [5.74, 6) is 0.127. The molecule has 39 heavy (non-hydrogen) atoms. The minimum Gasteiger partial charge on any atom is -0.487 e. The van der Waals surface area contributed by atoms with E-state index in [2.05, 4.69) is 15.4 Å². The summed E-state index contributed by atoms with van der Waals surface area (Å²) in [4.78, 5) is 31.9. The lowest BCUT2D eigenvalue weighted by molar-refractivity contribution is -0.138. The van der Waals surface area contributed by atoms with Crippen molar-refractivity contribution in [3.63, 3.8) is 0 Å². The van der Waals surface area contributed by atoms with E-state index in [-0.39, 0.29) is 56.5 Å². The van der Waals surface area contributed by atoms with E-state index in [1.165, 1.54) is 0 Å². The van der Waals surface area contributed by atoms with Crippen LogP contribution in [0.25, 0.3) is 0 Å². The molecule has 0 aromatic carbocycles. The Morgan fingerprint density at radius 2 is 1.97 bits per heavy atom. The fourth-order valence-corrected chi connectivity index (χ4v) is 4.55. The summed E-state index contributed by atoms with van der Waals surface area (Å²) < 4.78 is 89.6. The second-order valence-corrected chi connectivity index (χ2v) is 9.41. The van der Waals surface area contributed by atoms with Crippen molar-refractivity contribution < 1.29 is 40.6 Å². The topological polar surface area (TPSA) is 113 Å². The van der Waals surface area contributed by atoms with Crippen LogP contribution in [0.15, 0.2) is 23.3 Å². The van der Waals surface area contributed by atoms with Gasteiger partial charge in [0.1, 0.15) is 12.2 Å². The van der Waals surface area contributed by atoms with Crippen molar-refractivity contribution in [3.8, 4) is 5.75 Å². The first-order valence-electron chi connectivity index (χ1n) is 12.0. The van der Waals surface area contributed by atoms with Crippen molar-refractivity contribution in [1.82, 2.24) is 20.1 Å². The van der Waals surface area contributed by atoms with E-state index in [1.54, 1.807) is 16.9 Å². The van der Waals surface area contributed by atoms with Gasteiger partial charge in [0.25, 0.3) is 5.56 Å². The van der Waals surface area contributed by atoms with E-state index >= 15 is 0 Å². The molecule has 1 amide bonds. The van der Waals surface area contributed by atoms with Gasteiger partial charge in [-0.25, -0.2) is 10.1 Å². The van der Waals surface area contributed by atoms with Crippen molar-refractivity contribution >= 4 is 17.4 Å². The van der Waals surface area contributed by atoms with Gasteiger partial charge in [0.2, 0.25) is 5.91 Å². The number of aromatic amines is 1. The number of carbonyl (C=O) groups excluding carboxylic acids is 1. The van der Waals surface area contributed by atoms with Crippen LogP contribution in [0, 0.1) is 0 Å². The summed E-state index contributed by atoms with van der Waals surface area (Å²) in [7, 11) is 0. The van der Waals surface area contributed by atoms with Gasteiger partial charge in [-0.15, -0.1) is 0 Å². The van der Waals surface area contributed by atoms with Crippen molar-refractivity contribution in [2.45, 2.75) is 50.7 Å². The predicted molar refractivity (Wildman–Crippen MR) is 125 cm³/mol. The Hall–Kier alpha value is -3.56. The number of carbonyl (C=O) groups is 1. The number of pyridine rings is 1. The number of halogens is 6. The van der Waals surface area contributed by atoms with Crippen LogP contribution < -0.4 is 20.5 Å². The highest BCUT2D eigenvalue weighted by Gasteiger charge is 2.41. The Morgan fingerprint density at radius 1 is 1.23 bits per heavy atom. The Balaban J connectivity index is 1.28. The van der Waals surface area contributed by atoms with E-state index in [9.17, 15) is 35.9 Å². The maximum Gasteiger partial charge on any atom is 0.423 e. The van der Waals surface area contributed by atoms with E-state index in [4.69, 9.17) is 9.47 Å². The van der Waals surface area contributed by atoms with Crippen LogP contribution in [0.2, 0.25) is 0 Å². The molecule has 0 spiro atoms. The third-order valence-corrected chi connectivity index (χ3v) is 6.39. The van der Waals surface area contributed by atoms with Crippen molar-refractivity contribution in [2.75, 3.05) is 43.1 Å². The molecule has 1 saturated heterocycles. The highest BCUT2D eigenvalue weighted by atomic mass is 19.4. The second kappa shape index (κ2) is 10.9. The normalized spacial score (nSPS) is 20.1. The Morgan fingerprint density at radius 3 is 2.67 bits per heavy atom. The lowest BCUT2D eigenvalue weighted by Crippen LogP contribution is -2.62. The largest absolute Gasteiger partial charge is 0.487 e. The molecule has 10 nitrogen and oxygen atoms in total. The molecule has 4 rings (SSSR count). The lowest BCUT2D eigenvalue weighted by atomic mass is 10.1. The maximum atomic E-state index is 13.2. The summed E-state index contributed by atoms with van der Waals surface area (Å²) in [6.07, 6.45) is -7.78. The fourth-order valence-electron chi connectivity index (χ4n) is 4.55. The molecule has 16 heteroatoms. The molecule has 1 fully saturated rings. The van der Waals surface area contributed by atoms with Gasteiger partial charge in [-0.3, -0.25) is 9.59 Å². The van der Waals surface area contributed by atoms with Gasteiger partial charge >= 0.3 is 12.4 Å². The second-order valence-electron chi connectivity index (χ2n) is 9.41. The summed E-state index contributed by atoms with van der Waals surface area (Å²) >= 11 is 0. The monoisotopic (exact) mass is 564 g/mol. The van der Waals surface area contributed by atoms with Crippen LogP contribution in [0.4, 0.5) is 37.8 Å². The number of H-pyrrole nitrogens is 1. The Bertz CT molecular complexity index is 1250. The van der Waals surface area contributed by atoms with Crippen molar-refractivity contribution in [3.05, 3.63) is 39.9 Å². The number of piperazine rings is 1. The Kier molecular flexibility index (Phi) is 7.95. The highest BCUT2D eigenvalue weighted by molar-refractivity contribution is 5.77. The molecule has 0 radical (unpaired) electrons. The average Bonchev–Trinajstić information content (AvgIpc) is 2.84. The molecule has 0 saturated carbocycles. The number of rotatable bonds is 7. The minimum absolute atomic E-state index is 0.00329. The first kappa shape index (κ1) is 28.4. The van der Waals surface area contributed by atoms with Gasteiger partial charge in [0, 0.05) is 31.4 Å². The molecule has 2 N–H and O–H groups in total. The number of ether oxygens (including phenoxy) is 2. The third kappa shape index (κ3) is 6.37. The van der Waals surface area contributed by atoms with Gasteiger partial charge in [0.05, 0.1) is 43.1 Å². The first-order valence-corrected chi connectivity index (χ1v) is 12.0. The van der Waals surface area contributed by atoms with Gasteiger partial charge in [0.15, 0.2) is 11.6 Å². The van der Waals surface area contributed by atoms with E-state index in [0.29, 0.717) is 12.4 Å². The number of anilines is 2. The van der Waals surface area contributed by atoms with E-state index in [0.717, 1.165) is 18.5 Å². The highest BCUT2D eigenvalue weighted by Crippen LogP contribution is 2.39. The molecule has 2 aliphatic heterocycles. The van der Waals surface area contributed by atoms with Crippen LogP contribution in [0.3, 0.4) is 0 Å². The van der Waals surface area contributed by atoms with Crippen LogP contribution in [0.1, 0.15) is 31.4 Å². The fraction of sp³-hybridized carbons (Fsp3) is 0.565. The molecule has 0 bridgehead atoms. The molecular formula is C23H26F6N6O4. The molecule has 2 aromatic rings. The molecule has 214 valence electrons. The van der Waals surface area contributed by atoms with Gasteiger partial charge < -0.3 is 24.6 Å². The summed E-state index contributed by atoms with van der Waals surface area (Å²) in [6, 6.07) is -0.270. The van der Waals surface area contributed by atoms with Gasteiger partial charge in [-0.1, -0.05) is 0 Å². The van der Waals surface area contributed by atoms with Crippen molar-refractivity contribution in [2.24, 2.45) is 0 Å². The number of nitrogens with zero attached hydrogens (tertiary/aromatic N) is 4. The smallest absolute Gasteiger partial charge is 0.423 e. The first-order chi connectivity index (χ1) is 18.3.